The molecular formula is C16H17ClFNO. The highest BCUT2D eigenvalue weighted by molar-refractivity contribution is 6.30. The fourth-order valence-corrected chi connectivity index (χ4v) is 2.04. The Kier molecular flexibility index (Phi) is 4.85. The van der Waals surface area contributed by atoms with Gasteiger partial charge in [-0.1, -0.05) is 23.7 Å². The van der Waals surface area contributed by atoms with E-state index in [1.807, 2.05) is 38.1 Å². The van der Waals surface area contributed by atoms with E-state index in [0.29, 0.717) is 17.3 Å². The minimum absolute atomic E-state index is 0.161. The summed E-state index contributed by atoms with van der Waals surface area (Å²) in [4.78, 5) is 0. The smallest absolute Gasteiger partial charge is 0.126 e. The normalized spacial score (nSPS) is 10.7. The molecule has 0 unspecified atom stereocenters. The van der Waals surface area contributed by atoms with Crippen molar-refractivity contribution in [3.63, 3.8) is 0 Å². The molecule has 1 N–H and O–H groups in total. The van der Waals surface area contributed by atoms with Gasteiger partial charge in [-0.25, -0.2) is 4.39 Å². The Balaban J connectivity index is 1.96. The standard InChI is InChI=1S/C16H17ClFNO/c1-11(2)20-16-5-3-12(4-6-16)10-19-15-8-13(17)7-14(18)9-15/h3-9,11,19H,10H2,1-2H3. The molecule has 20 heavy (non-hydrogen) atoms. The van der Waals surface area contributed by atoms with Gasteiger partial charge in [-0.05, 0) is 49.7 Å². The fourth-order valence-electron chi connectivity index (χ4n) is 1.82. The molecular weight excluding hydrogens is 277 g/mol. The number of rotatable bonds is 5. The molecule has 0 fully saturated rings. The topological polar surface area (TPSA) is 21.3 Å². The molecule has 0 saturated carbocycles. The second kappa shape index (κ2) is 6.62. The van der Waals surface area contributed by atoms with Crippen LogP contribution < -0.4 is 10.1 Å². The lowest BCUT2D eigenvalue weighted by Gasteiger charge is -2.11. The molecule has 0 bridgehead atoms. The van der Waals surface area contributed by atoms with Gasteiger partial charge < -0.3 is 10.1 Å². The van der Waals surface area contributed by atoms with Crippen molar-refractivity contribution in [1.82, 2.24) is 0 Å². The summed E-state index contributed by atoms with van der Waals surface area (Å²) in [5.74, 6) is 0.498. The molecule has 2 aromatic carbocycles. The van der Waals surface area contributed by atoms with E-state index in [1.54, 1.807) is 6.07 Å². The molecule has 0 aliphatic carbocycles. The third-order valence-electron chi connectivity index (χ3n) is 2.65. The van der Waals surface area contributed by atoms with Gasteiger partial charge in [0, 0.05) is 17.3 Å². The number of benzene rings is 2. The highest BCUT2D eigenvalue weighted by atomic mass is 35.5. The van der Waals surface area contributed by atoms with Gasteiger partial charge in [-0.2, -0.15) is 0 Å². The van der Waals surface area contributed by atoms with Gasteiger partial charge in [0.05, 0.1) is 6.10 Å². The fraction of sp³-hybridized carbons (Fsp3) is 0.250. The Morgan fingerprint density at radius 3 is 2.45 bits per heavy atom. The predicted octanol–water partition coefficient (Wildman–Crippen LogP) is 4.88. The second-order valence-electron chi connectivity index (χ2n) is 4.82. The lowest BCUT2D eigenvalue weighted by Crippen LogP contribution is -2.05. The Labute approximate surface area is 123 Å². The average Bonchev–Trinajstić information content (AvgIpc) is 2.36. The zero-order chi connectivity index (χ0) is 14.5. The van der Waals surface area contributed by atoms with E-state index in [-0.39, 0.29) is 11.9 Å². The lowest BCUT2D eigenvalue weighted by atomic mass is 10.2. The molecule has 0 aliphatic rings. The van der Waals surface area contributed by atoms with Crippen LogP contribution in [0.2, 0.25) is 5.02 Å². The van der Waals surface area contributed by atoms with Gasteiger partial charge in [0.1, 0.15) is 11.6 Å². The first kappa shape index (κ1) is 14.7. The third-order valence-corrected chi connectivity index (χ3v) is 2.87. The van der Waals surface area contributed by atoms with E-state index >= 15 is 0 Å². The summed E-state index contributed by atoms with van der Waals surface area (Å²) in [5.41, 5.74) is 1.75. The second-order valence-corrected chi connectivity index (χ2v) is 5.26. The van der Waals surface area contributed by atoms with E-state index in [2.05, 4.69) is 5.32 Å². The molecule has 106 valence electrons. The average molecular weight is 294 g/mol. The molecule has 2 rings (SSSR count). The van der Waals surface area contributed by atoms with Crippen molar-refractivity contribution in [2.75, 3.05) is 5.32 Å². The van der Waals surface area contributed by atoms with Gasteiger partial charge in [0.2, 0.25) is 0 Å². The minimum Gasteiger partial charge on any atom is -0.491 e. The number of nitrogens with one attached hydrogen (secondary N) is 1. The maximum atomic E-state index is 13.2. The Morgan fingerprint density at radius 1 is 1.15 bits per heavy atom. The van der Waals surface area contributed by atoms with Crippen LogP contribution in [0.25, 0.3) is 0 Å². The molecule has 0 amide bonds. The molecule has 0 heterocycles. The van der Waals surface area contributed by atoms with Crippen LogP contribution in [-0.2, 0) is 6.54 Å². The van der Waals surface area contributed by atoms with Crippen molar-refractivity contribution >= 4 is 17.3 Å². The maximum Gasteiger partial charge on any atom is 0.126 e. The quantitative estimate of drug-likeness (QED) is 0.848. The molecule has 0 spiro atoms. The van der Waals surface area contributed by atoms with Gasteiger partial charge in [0.25, 0.3) is 0 Å². The number of hydrogen-bond donors (Lipinski definition) is 1. The van der Waals surface area contributed by atoms with Crippen molar-refractivity contribution in [3.8, 4) is 5.75 Å². The van der Waals surface area contributed by atoms with Crippen LogP contribution in [-0.4, -0.2) is 6.10 Å². The molecule has 4 heteroatoms. The predicted molar refractivity (Wildman–Crippen MR) is 80.9 cm³/mol. The van der Waals surface area contributed by atoms with Gasteiger partial charge in [-0.15, -0.1) is 0 Å². The van der Waals surface area contributed by atoms with E-state index in [4.69, 9.17) is 16.3 Å². The van der Waals surface area contributed by atoms with Crippen LogP contribution in [0, 0.1) is 5.82 Å². The first-order valence-corrected chi connectivity index (χ1v) is 6.86. The summed E-state index contributed by atoms with van der Waals surface area (Å²) >= 11 is 5.80. The van der Waals surface area contributed by atoms with Crippen molar-refractivity contribution in [1.29, 1.82) is 0 Å². The van der Waals surface area contributed by atoms with E-state index in [1.165, 1.54) is 12.1 Å². The monoisotopic (exact) mass is 293 g/mol. The SMILES string of the molecule is CC(C)Oc1ccc(CNc2cc(F)cc(Cl)c2)cc1. The molecule has 0 aromatic heterocycles. The summed E-state index contributed by atoms with van der Waals surface area (Å²) in [5, 5.41) is 3.52. The van der Waals surface area contributed by atoms with Crippen LogP contribution in [0.5, 0.6) is 5.75 Å². The summed E-state index contributed by atoms with van der Waals surface area (Å²) < 4.78 is 18.8. The Morgan fingerprint density at radius 2 is 1.85 bits per heavy atom. The summed E-state index contributed by atoms with van der Waals surface area (Å²) in [6.07, 6.45) is 0.161. The van der Waals surface area contributed by atoms with Crippen molar-refractivity contribution < 1.29 is 9.13 Å². The zero-order valence-electron chi connectivity index (χ0n) is 11.5. The van der Waals surface area contributed by atoms with Gasteiger partial charge >= 0.3 is 0 Å². The molecule has 2 nitrogen and oxygen atoms in total. The molecule has 2 aromatic rings. The third kappa shape index (κ3) is 4.42. The molecule has 0 saturated heterocycles. The van der Waals surface area contributed by atoms with Crippen LogP contribution in [0.1, 0.15) is 19.4 Å². The largest absolute Gasteiger partial charge is 0.491 e. The minimum atomic E-state index is -0.347. The van der Waals surface area contributed by atoms with Crippen molar-refractivity contribution in [2.24, 2.45) is 0 Å². The molecule has 0 atom stereocenters. The van der Waals surface area contributed by atoms with Gasteiger partial charge in [0.15, 0.2) is 0 Å². The summed E-state index contributed by atoms with van der Waals surface area (Å²) in [6.45, 7) is 4.58. The summed E-state index contributed by atoms with van der Waals surface area (Å²) in [6, 6.07) is 12.2. The molecule has 0 aliphatic heterocycles. The maximum absolute atomic E-state index is 13.2. The number of hydrogen-bond acceptors (Lipinski definition) is 2. The highest BCUT2D eigenvalue weighted by Crippen LogP contribution is 2.19. The number of halogens is 2. The number of anilines is 1. The first-order valence-electron chi connectivity index (χ1n) is 6.48. The van der Waals surface area contributed by atoms with E-state index in [9.17, 15) is 4.39 Å². The first-order chi connectivity index (χ1) is 9.52. The Bertz CT molecular complexity index is 549. The van der Waals surface area contributed by atoms with Crippen LogP contribution in [0.15, 0.2) is 42.5 Å². The number of ether oxygens (including phenoxy) is 1. The van der Waals surface area contributed by atoms with Gasteiger partial charge in [-0.3, -0.25) is 0 Å². The van der Waals surface area contributed by atoms with Crippen molar-refractivity contribution in [3.05, 3.63) is 58.9 Å². The van der Waals surface area contributed by atoms with Crippen molar-refractivity contribution in [2.45, 2.75) is 26.5 Å². The van der Waals surface area contributed by atoms with Crippen LogP contribution >= 0.6 is 11.6 Å². The van der Waals surface area contributed by atoms with Crippen LogP contribution in [0.4, 0.5) is 10.1 Å². The Hall–Kier alpha value is -1.74. The van der Waals surface area contributed by atoms with E-state index < -0.39 is 0 Å². The highest BCUT2D eigenvalue weighted by Gasteiger charge is 2.01. The summed E-state index contributed by atoms with van der Waals surface area (Å²) in [7, 11) is 0. The lowest BCUT2D eigenvalue weighted by molar-refractivity contribution is 0.242. The van der Waals surface area contributed by atoms with E-state index in [0.717, 1.165) is 11.3 Å². The van der Waals surface area contributed by atoms with Crippen LogP contribution in [0.3, 0.4) is 0 Å². The molecule has 0 radical (unpaired) electrons. The zero-order valence-corrected chi connectivity index (χ0v) is 12.2.